The highest BCUT2D eigenvalue weighted by Crippen LogP contribution is 2.19. The fourth-order valence-corrected chi connectivity index (χ4v) is 2.09. The first kappa shape index (κ1) is 14.1. The maximum atomic E-state index is 3.49. The van der Waals surface area contributed by atoms with Crippen LogP contribution in [0.15, 0.2) is 30.5 Å². The second-order valence-electron chi connectivity index (χ2n) is 4.31. The maximum absolute atomic E-state index is 3.49. The fourth-order valence-electron chi connectivity index (χ4n) is 2.09. The third-order valence-electron chi connectivity index (χ3n) is 3.00. The minimum absolute atomic E-state index is 0. The van der Waals surface area contributed by atoms with Gasteiger partial charge in [0.2, 0.25) is 0 Å². The van der Waals surface area contributed by atoms with Crippen molar-refractivity contribution >= 4 is 23.3 Å². The van der Waals surface area contributed by atoms with Crippen LogP contribution in [0, 0.1) is 0 Å². The van der Waals surface area contributed by atoms with Gasteiger partial charge in [-0.1, -0.05) is 31.5 Å². The van der Waals surface area contributed by atoms with Crippen molar-refractivity contribution in [2.75, 3.05) is 6.54 Å². The van der Waals surface area contributed by atoms with Crippen LogP contribution >= 0.6 is 12.4 Å². The molecule has 0 saturated heterocycles. The van der Waals surface area contributed by atoms with E-state index in [-0.39, 0.29) is 12.4 Å². The second kappa shape index (κ2) is 6.67. The van der Waals surface area contributed by atoms with Gasteiger partial charge in [0.1, 0.15) is 0 Å². The van der Waals surface area contributed by atoms with Gasteiger partial charge in [-0.25, -0.2) is 0 Å². The molecule has 0 unspecified atom stereocenters. The summed E-state index contributed by atoms with van der Waals surface area (Å²) in [6.07, 6.45) is 4.73. The molecule has 0 aliphatic carbocycles. The first-order valence-electron chi connectivity index (χ1n) is 6.06. The van der Waals surface area contributed by atoms with E-state index in [2.05, 4.69) is 54.3 Å². The molecule has 2 nitrogen and oxygen atoms in total. The SMILES string of the molecule is CCCCNCc1cn(C)c2ccccc12.Cl. The van der Waals surface area contributed by atoms with E-state index in [1.54, 1.807) is 0 Å². The summed E-state index contributed by atoms with van der Waals surface area (Å²) in [6.45, 7) is 4.31. The highest BCUT2D eigenvalue weighted by Gasteiger charge is 2.04. The molecule has 94 valence electrons. The second-order valence-corrected chi connectivity index (χ2v) is 4.31. The monoisotopic (exact) mass is 252 g/mol. The van der Waals surface area contributed by atoms with Gasteiger partial charge >= 0.3 is 0 Å². The number of benzene rings is 1. The topological polar surface area (TPSA) is 17.0 Å². The third-order valence-corrected chi connectivity index (χ3v) is 3.00. The largest absolute Gasteiger partial charge is 0.350 e. The van der Waals surface area contributed by atoms with Crippen LogP contribution < -0.4 is 5.32 Å². The summed E-state index contributed by atoms with van der Waals surface area (Å²) in [5, 5.41) is 4.86. The Kier molecular flexibility index (Phi) is 5.52. The molecule has 0 saturated carbocycles. The van der Waals surface area contributed by atoms with Gasteiger partial charge in [0, 0.05) is 30.7 Å². The van der Waals surface area contributed by atoms with Gasteiger partial charge in [-0.15, -0.1) is 12.4 Å². The number of hydrogen-bond acceptors (Lipinski definition) is 1. The smallest absolute Gasteiger partial charge is 0.0481 e. The predicted octanol–water partition coefficient (Wildman–Crippen LogP) is 3.49. The molecule has 0 spiro atoms. The number of fused-ring (bicyclic) bond motifs is 1. The number of aryl methyl sites for hydroxylation is 1. The van der Waals surface area contributed by atoms with E-state index in [4.69, 9.17) is 0 Å². The van der Waals surface area contributed by atoms with Crippen LogP contribution in [-0.2, 0) is 13.6 Å². The van der Waals surface area contributed by atoms with Crippen molar-refractivity contribution in [1.82, 2.24) is 9.88 Å². The molecule has 0 atom stereocenters. The van der Waals surface area contributed by atoms with E-state index >= 15 is 0 Å². The number of unbranched alkanes of at least 4 members (excludes halogenated alkanes) is 1. The Morgan fingerprint density at radius 3 is 2.76 bits per heavy atom. The maximum Gasteiger partial charge on any atom is 0.0481 e. The van der Waals surface area contributed by atoms with E-state index < -0.39 is 0 Å². The normalized spacial score (nSPS) is 10.5. The van der Waals surface area contributed by atoms with Gasteiger partial charge in [0.05, 0.1) is 0 Å². The molecule has 1 N–H and O–H groups in total. The molecule has 3 heteroatoms. The summed E-state index contributed by atoms with van der Waals surface area (Å²) in [6, 6.07) is 8.57. The molecule has 2 rings (SSSR count). The molecule has 1 aromatic heterocycles. The van der Waals surface area contributed by atoms with Gasteiger partial charge in [-0.3, -0.25) is 0 Å². The molecule has 0 bridgehead atoms. The highest BCUT2D eigenvalue weighted by molar-refractivity contribution is 5.85. The van der Waals surface area contributed by atoms with Crippen molar-refractivity contribution in [3.63, 3.8) is 0 Å². The van der Waals surface area contributed by atoms with Gasteiger partial charge in [0.25, 0.3) is 0 Å². The molecule has 0 radical (unpaired) electrons. The highest BCUT2D eigenvalue weighted by atomic mass is 35.5. The van der Waals surface area contributed by atoms with Crippen LogP contribution in [-0.4, -0.2) is 11.1 Å². The Labute approximate surface area is 109 Å². The quantitative estimate of drug-likeness (QED) is 0.806. The Bertz CT molecular complexity index is 462. The summed E-state index contributed by atoms with van der Waals surface area (Å²) in [5.74, 6) is 0. The average molecular weight is 253 g/mol. The van der Waals surface area contributed by atoms with Gasteiger partial charge in [-0.2, -0.15) is 0 Å². The molecular formula is C14H21ClN2. The van der Waals surface area contributed by atoms with Gasteiger partial charge in [-0.05, 0) is 24.6 Å². The molecule has 0 amide bonds. The summed E-state index contributed by atoms with van der Waals surface area (Å²) in [7, 11) is 2.11. The first-order valence-corrected chi connectivity index (χ1v) is 6.06. The Balaban J connectivity index is 0.00000144. The molecule has 0 fully saturated rings. The van der Waals surface area contributed by atoms with E-state index in [9.17, 15) is 0 Å². The molecule has 2 aromatic rings. The number of para-hydroxylation sites is 1. The number of rotatable bonds is 5. The zero-order chi connectivity index (χ0) is 11.4. The van der Waals surface area contributed by atoms with Crippen LogP contribution in [0.25, 0.3) is 10.9 Å². The van der Waals surface area contributed by atoms with Crippen LogP contribution in [0.5, 0.6) is 0 Å². The van der Waals surface area contributed by atoms with Crippen LogP contribution in [0.4, 0.5) is 0 Å². The zero-order valence-corrected chi connectivity index (χ0v) is 11.4. The van der Waals surface area contributed by atoms with Crippen LogP contribution in [0.3, 0.4) is 0 Å². The molecule has 0 aliphatic heterocycles. The average Bonchev–Trinajstić information content (AvgIpc) is 2.63. The lowest BCUT2D eigenvalue weighted by Crippen LogP contribution is -2.14. The third kappa shape index (κ3) is 3.24. The molecular weight excluding hydrogens is 232 g/mol. The Morgan fingerprint density at radius 1 is 1.24 bits per heavy atom. The van der Waals surface area contributed by atoms with Crippen LogP contribution in [0.1, 0.15) is 25.3 Å². The lowest BCUT2D eigenvalue weighted by atomic mass is 10.2. The predicted molar refractivity (Wildman–Crippen MR) is 76.8 cm³/mol. The lowest BCUT2D eigenvalue weighted by molar-refractivity contribution is 0.642. The van der Waals surface area contributed by atoms with Crippen molar-refractivity contribution in [2.24, 2.45) is 7.05 Å². The summed E-state index contributed by atoms with van der Waals surface area (Å²) in [4.78, 5) is 0. The number of aromatic nitrogens is 1. The van der Waals surface area contributed by atoms with E-state index in [0.717, 1.165) is 13.1 Å². The molecule has 17 heavy (non-hydrogen) atoms. The van der Waals surface area contributed by atoms with Gasteiger partial charge in [0.15, 0.2) is 0 Å². The number of hydrogen-bond donors (Lipinski definition) is 1. The van der Waals surface area contributed by atoms with E-state index in [0.29, 0.717) is 0 Å². The zero-order valence-electron chi connectivity index (χ0n) is 10.6. The molecule has 1 aromatic carbocycles. The van der Waals surface area contributed by atoms with Crippen molar-refractivity contribution in [3.05, 3.63) is 36.0 Å². The molecule has 0 aliphatic rings. The fraction of sp³-hybridized carbons (Fsp3) is 0.429. The van der Waals surface area contributed by atoms with E-state index in [1.807, 2.05) is 0 Å². The Morgan fingerprint density at radius 2 is 2.00 bits per heavy atom. The summed E-state index contributed by atoms with van der Waals surface area (Å²) < 4.78 is 2.20. The summed E-state index contributed by atoms with van der Waals surface area (Å²) in [5.41, 5.74) is 2.71. The minimum atomic E-state index is 0. The lowest BCUT2D eigenvalue weighted by Gasteiger charge is -2.02. The van der Waals surface area contributed by atoms with Crippen molar-refractivity contribution in [1.29, 1.82) is 0 Å². The number of nitrogens with zero attached hydrogens (tertiary/aromatic N) is 1. The minimum Gasteiger partial charge on any atom is -0.350 e. The number of halogens is 1. The number of nitrogens with one attached hydrogen (secondary N) is 1. The molecule has 1 heterocycles. The van der Waals surface area contributed by atoms with Crippen molar-refractivity contribution < 1.29 is 0 Å². The first-order chi connectivity index (χ1) is 7.83. The Hall–Kier alpha value is -0.990. The van der Waals surface area contributed by atoms with E-state index in [1.165, 1.54) is 29.3 Å². The van der Waals surface area contributed by atoms with Crippen molar-refractivity contribution in [2.45, 2.75) is 26.3 Å². The standard InChI is InChI=1S/C14H20N2.ClH/c1-3-4-9-15-10-12-11-16(2)14-8-6-5-7-13(12)14;/h5-8,11,15H,3-4,9-10H2,1-2H3;1H. The summed E-state index contributed by atoms with van der Waals surface area (Å²) >= 11 is 0. The van der Waals surface area contributed by atoms with Gasteiger partial charge < -0.3 is 9.88 Å². The van der Waals surface area contributed by atoms with Crippen LogP contribution in [0.2, 0.25) is 0 Å². The van der Waals surface area contributed by atoms with Crippen molar-refractivity contribution in [3.8, 4) is 0 Å².